The molecule has 2 aromatic rings. The molecule has 2 N–H and O–H groups in total. The van der Waals surface area contributed by atoms with E-state index in [9.17, 15) is 14.9 Å². The quantitative estimate of drug-likeness (QED) is 0.348. The van der Waals surface area contributed by atoms with Crippen LogP contribution in [0.2, 0.25) is 10.0 Å². The smallest absolute Gasteiger partial charge is 0.289 e. The maximum absolute atomic E-state index is 12.1. The predicted octanol–water partition coefficient (Wildman–Crippen LogP) is 4.36. The van der Waals surface area contributed by atoms with Gasteiger partial charge in [0.1, 0.15) is 16.7 Å². The largest absolute Gasteiger partial charge is 0.360 e. The van der Waals surface area contributed by atoms with Gasteiger partial charge in [0.25, 0.3) is 11.6 Å². The zero-order valence-electron chi connectivity index (χ0n) is 12.5. The average molecular weight is 377 g/mol. The number of carbonyl (C=O) groups is 1. The highest BCUT2D eigenvalue weighted by Crippen LogP contribution is 2.27. The number of amides is 1. The molecule has 2 aromatic carbocycles. The van der Waals surface area contributed by atoms with Gasteiger partial charge in [-0.1, -0.05) is 23.2 Å². The van der Waals surface area contributed by atoms with Crippen molar-refractivity contribution >= 4 is 46.2 Å². The molecule has 0 aliphatic heterocycles. The van der Waals surface area contributed by atoms with Gasteiger partial charge in [-0.25, -0.2) is 0 Å². The van der Waals surface area contributed by atoms with Crippen molar-refractivity contribution in [1.29, 1.82) is 5.26 Å². The highest BCUT2D eigenvalue weighted by Gasteiger charge is 2.13. The standard InChI is InChI=1S/C16H10Cl2N4O3/c17-11-1-3-12(4-2-11)21-16(23)10(8-19)9-20-13-5-6-14(18)15(7-13)22(24)25/h1-7,9,20H,(H,21,23)/b10-9-. The van der Waals surface area contributed by atoms with Gasteiger partial charge in [0.15, 0.2) is 0 Å². The van der Waals surface area contributed by atoms with Gasteiger partial charge in [0.05, 0.1) is 4.92 Å². The number of halogens is 2. The molecule has 0 saturated heterocycles. The van der Waals surface area contributed by atoms with Crippen LogP contribution in [0.4, 0.5) is 17.1 Å². The summed E-state index contributed by atoms with van der Waals surface area (Å²) in [5.74, 6) is -0.638. The van der Waals surface area contributed by atoms with Crippen LogP contribution >= 0.6 is 23.2 Å². The third-order valence-corrected chi connectivity index (χ3v) is 3.56. The third kappa shape index (κ3) is 4.94. The maximum atomic E-state index is 12.1. The van der Waals surface area contributed by atoms with Crippen LogP contribution in [0.1, 0.15) is 0 Å². The van der Waals surface area contributed by atoms with Gasteiger partial charge in [0.2, 0.25) is 0 Å². The van der Waals surface area contributed by atoms with Gasteiger partial charge in [-0.3, -0.25) is 14.9 Å². The van der Waals surface area contributed by atoms with E-state index in [1.165, 1.54) is 18.2 Å². The first-order valence-corrected chi connectivity index (χ1v) is 7.54. The van der Waals surface area contributed by atoms with Gasteiger partial charge in [-0.05, 0) is 36.4 Å². The summed E-state index contributed by atoms with van der Waals surface area (Å²) in [6.45, 7) is 0. The Kier molecular flexibility index (Phi) is 5.95. The number of benzene rings is 2. The van der Waals surface area contributed by atoms with Crippen LogP contribution in [0.25, 0.3) is 0 Å². The topological polar surface area (TPSA) is 108 Å². The van der Waals surface area contributed by atoms with Crippen molar-refractivity contribution in [3.63, 3.8) is 0 Å². The lowest BCUT2D eigenvalue weighted by Gasteiger charge is -2.05. The fourth-order valence-corrected chi connectivity index (χ4v) is 2.09. The molecule has 0 atom stereocenters. The third-order valence-electron chi connectivity index (χ3n) is 2.99. The van der Waals surface area contributed by atoms with Crippen molar-refractivity contribution < 1.29 is 9.72 Å². The first-order valence-electron chi connectivity index (χ1n) is 6.78. The average Bonchev–Trinajstić information content (AvgIpc) is 2.58. The lowest BCUT2D eigenvalue weighted by molar-refractivity contribution is -0.384. The Hall–Kier alpha value is -3.08. The molecule has 0 radical (unpaired) electrons. The summed E-state index contributed by atoms with van der Waals surface area (Å²) in [5.41, 5.74) is 0.276. The molecule has 25 heavy (non-hydrogen) atoms. The number of anilines is 2. The minimum absolute atomic E-state index is 0.0134. The van der Waals surface area contributed by atoms with E-state index < -0.39 is 10.8 Å². The van der Waals surface area contributed by atoms with Crippen molar-refractivity contribution in [2.75, 3.05) is 10.6 Å². The van der Waals surface area contributed by atoms with Crippen LogP contribution < -0.4 is 10.6 Å². The minimum atomic E-state index is -0.638. The molecule has 7 nitrogen and oxygen atoms in total. The van der Waals surface area contributed by atoms with E-state index in [0.717, 1.165) is 6.20 Å². The molecule has 0 aromatic heterocycles. The zero-order valence-corrected chi connectivity index (χ0v) is 14.0. The minimum Gasteiger partial charge on any atom is -0.360 e. The SMILES string of the molecule is N#C/C(=C/Nc1ccc(Cl)c([N+](=O)[O-])c1)C(=O)Nc1ccc(Cl)cc1. The molecular weight excluding hydrogens is 367 g/mol. The van der Waals surface area contributed by atoms with Gasteiger partial charge in [-0.2, -0.15) is 5.26 Å². The zero-order chi connectivity index (χ0) is 18.4. The summed E-state index contributed by atoms with van der Waals surface area (Å²) in [6, 6.07) is 12.1. The number of nitrogens with one attached hydrogen (secondary N) is 2. The Morgan fingerprint density at radius 2 is 1.80 bits per heavy atom. The number of nitrogens with zero attached hydrogens (tertiary/aromatic N) is 2. The Morgan fingerprint density at radius 3 is 2.40 bits per heavy atom. The van der Waals surface area contributed by atoms with Gasteiger partial charge >= 0.3 is 0 Å². The first kappa shape index (κ1) is 18.3. The van der Waals surface area contributed by atoms with Crippen molar-refractivity contribution in [3.8, 4) is 6.07 Å². The predicted molar refractivity (Wildman–Crippen MR) is 95.5 cm³/mol. The number of nitro benzene ring substituents is 1. The van der Waals surface area contributed by atoms with Crippen molar-refractivity contribution in [1.82, 2.24) is 0 Å². The molecule has 0 aliphatic rings. The van der Waals surface area contributed by atoms with Crippen molar-refractivity contribution in [3.05, 3.63) is 74.4 Å². The van der Waals surface area contributed by atoms with Crippen LogP contribution in [-0.4, -0.2) is 10.8 Å². The number of carbonyl (C=O) groups excluding carboxylic acids is 1. The van der Waals surface area contributed by atoms with Crippen LogP contribution in [0, 0.1) is 21.4 Å². The molecule has 0 bridgehead atoms. The summed E-state index contributed by atoms with van der Waals surface area (Å²) in [6.07, 6.45) is 1.15. The van der Waals surface area contributed by atoms with Gasteiger partial charge in [0, 0.05) is 28.7 Å². The Labute approximate surface area is 152 Å². The van der Waals surface area contributed by atoms with Crippen molar-refractivity contribution in [2.24, 2.45) is 0 Å². The molecule has 0 unspecified atom stereocenters. The molecule has 0 spiro atoms. The van der Waals surface area contributed by atoms with E-state index in [-0.39, 0.29) is 16.3 Å². The summed E-state index contributed by atoms with van der Waals surface area (Å²) >= 11 is 11.5. The molecule has 2 rings (SSSR count). The highest BCUT2D eigenvalue weighted by molar-refractivity contribution is 6.32. The highest BCUT2D eigenvalue weighted by atomic mass is 35.5. The molecular formula is C16H10Cl2N4O3. The van der Waals surface area contributed by atoms with Crippen molar-refractivity contribution in [2.45, 2.75) is 0 Å². The van der Waals surface area contributed by atoms with E-state index in [4.69, 9.17) is 28.5 Å². The van der Waals surface area contributed by atoms with Crippen LogP contribution in [-0.2, 0) is 4.79 Å². The molecule has 126 valence electrons. The molecule has 9 heteroatoms. The fraction of sp³-hybridized carbons (Fsp3) is 0. The van der Waals surface area contributed by atoms with Gasteiger partial charge < -0.3 is 10.6 Å². The first-order chi connectivity index (χ1) is 11.9. The normalized spacial score (nSPS) is 10.7. The summed E-state index contributed by atoms with van der Waals surface area (Å²) in [4.78, 5) is 22.3. The molecule has 0 saturated carbocycles. The Bertz CT molecular complexity index is 889. The number of rotatable bonds is 5. The number of hydrogen-bond donors (Lipinski definition) is 2. The second-order valence-corrected chi connectivity index (χ2v) is 5.54. The molecule has 0 fully saturated rings. The monoisotopic (exact) mass is 376 g/mol. The van der Waals surface area contributed by atoms with Crippen LogP contribution in [0.15, 0.2) is 54.2 Å². The van der Waals surface area contributed by atoms with E-state index in [2.05, 4.69) is 10.6 Å². The number of nitriles is 1. The fourth-order valence-electron chi connectivity index (χ4n) is 1.78. The number of nitro groups is 1. The van der Waals surface area contributed by atoms with E-state index in [0.29, 0.717) is 16.4 Å². The van der Waals surface area contributed by atoms with Crippen LogP contribution in [0.3, 0.4) is 0 Å². The Balaban J connectivity index is 2.13. The van der Waals surface area contributed by atoms with E-state index >= 15 is 0 Å². The number of hydrogen-bond acceptors (Lipinski definition) is 5. The molecule has 1 amide bonds. The summed E-state index contributed by atoms with van der Waals surface area (Å²) in [7, 11) is 0. The second-order valence-electron chi connectivity index (χ2n) is 4.70. The van der Waals surface area contributed by atoms with Gasteiger partial charge in [-0.15, -0.1) is 0 Å². The summed E-state index contributed by atoms with van der Waals surface area (Å²) in [5, 5.41) is 25.7. The summed E-state index contributed by atoms with van der Waals surface area (Å²) < 4.78 is 0. The van der Waals surface area contributed by atoms with E-state index in [1.54, 1.807) is 30.3 Å². The Morgan fingerprint density at radius 1 is 1.16 bits per heavy atom. The lowest BCUT2D eigenvalue weighted by atomic mass is 10.2. The van der Waals surface area contributed by atoms with E-state index in [1.807, 2.05) is 0 Å². The van der Waals surface area contributed by atoms with Crippen LogP contribution in [0.5, 0.6) is 0 Å². The maximum Gasteiger partial charge on any atom is 0.289 e. The molecule has 0 heterocycles. The lowest BCUT2D eigenvalue weighted by Crippen LogP contribution is -2.14. The molecule has 0 aliphatic carbocycles. The second kappa shape index (κ2) is 8.15.